The molecule has 0 radical (unpaired) electrons. The standard InChI is InChI=1S/C11H20O2/c1-9(3-2-4-11(12)13)5-6-10-7-8-10/h9-10H,2-8H2,1H3,(H,12,13). The lowest BCUT2D eigenvalue weighted by Gasteiger charge is -2.09. The molecule has 1 saturated carbocycles. The highest BCUT2D eigenvalue weighted by molar-refractivity contribution is 5.66. The predicted molar refractivity (Wildman–Crippen MR) is 52.6 cm³/mol. The molecule has 1 fully saturated rings. The lowest BCUT2D eigenvalue weighted by Crippen LogP contribution is -1.99. The van der Waals surface area contributed by atoms with Gasteiger partial charge >= 0.3 is 5.97 Å². The lowest BCUT2D eigenvalue weighted by atomic mass is 9.97. The third-order valence-corrected chi connectivity index (χ3v) is 2.85. The van der Waals surface area contributed by atoms with E-state index in [1.807, 2.05) is 0 Å². The van der Waals surface area contributed by atoms with E-state index < -0.39 is 5.97 Å². The Morgan fingerprint density at radius 2 is 2.15 bits per heavy atom. The van der Waals surface area contributed by atoms with Crippen molar-refractivity contribution in [3.63, 3.8) is 0 Å². The molecular weight excluding hydrogens is 164 g/mol. The van der Waals surface area contributed by atoms with E-state index in [4.69, 9.17) is 5.11 Å². The molecule has 76 valence electrons. The van der Waals surface area contributed by atoms with Gasteiger partial charge in [0.1, 0.15) is 0 Å². The van der Waals surface area contributed by atoms with Gasteiger partial charge < -0.3 is 5.11 Å². The molecular formula is C11H20O2. The van der Waals surface area contributed by atoms with Crippen LogP contribution in [0.1, 0.15) is 51.9 Å². The van der Waals surface area contributed by atoms with Crippen LogP contribution in [0.15, 0.2) is 0 Å². The second-order valence-corrected chi connectivity index (χ2v) is 4.41. The maximum Gasteiger partial charge on any atom is 0.303 e. The molecule has 1 N–H and O–H groups in total. The predicted octanol–water partition coefficient (Wildman–Crippen LogP) is 3.07. The molecule has 0 aromatic carbocycles. The van der Waals surface area contributed by atoms with Crippen LogP contribution in [-0.2, 0) is 4.79 Å². The highest BCUT2D eigenvalue weighted by Gasteiger charge is 2.21. The minimum atomic E-state index is -0.658. The molecule has 1 unspecified atom stereocenters. The maximum absolute atomic E-state index is 10.3. The van der Waals surface area contributed by atoms with Crippen LogP contribution in [0.5, 0.6) is 0 Å². The number of carboxylic acids is 1. The van der Waals surface area contributed by atoms with Crippen LogP contribution >= 0.6 is 0 Å². The molecule has 0 spiro atoms. The third kappa shape index (κ3) is 5.67. The Hall–Kier alpha value is -0.530. The van der Waals surface area contributed by atoms with Crippen molar-refractivity contribution in [2.45, 2.75) is 51.9 Å². The van der Waals surface area contributed by atoms with Crippen LogP contribution < -0.4 is 0 Å². The number of aliphatic carboxylic acids is 1. The highest BCUT2D eigenvalue weighted by atomic mass is 16.4. The van der Waals surface area contributed by atoms with Crippen molar-refractivity contribution >= 4 is 5.97 Å². The average Bonchev–Trinajstić information content (AvgIpc) is 2.83. The van der Waals surface area contributed by atoms with Crippen LogP contribution in [0.25, 0.3) is 0 Å². The average molecular weight is 184 g/mol. The van der Waals surface area contributed by atoms with Gasteiger partial charge in [0.2, 0.25) is 0 Å². The van der Waals surface area contributed by atoms with Gasteiger partial charge in [-0.2, -0.15) is 0 Å². The monoisotopic (exact) mass is 184 g/mol. The number of hydrogen-bond donors (Lipinski definition) is 1. The largest absolute Gasteiger partial charge is 0.481 e. The van der Waals surface area contributed by atoms with E-state index in [0.717, 1.165) is 24.7 Å². The van der Waals surface area contributed by atoms with Gasteiger partial charge in [-0.05, 0) is 18.3 Å². The molecule has 0 aliphatic heterocycles. The molecule has 0 saturated heterocycles. The Morgan fingerprint density at radius 3 is 2.69 bits per heavy atom. The first-order valence-corrected chi connectivity index (χ1v) is 5.40. The molecule has 0 aromatic rings. The maximum atomic E-state index is 10.3. The zero-order chi connectivity index (χ0) is 9.68. The summed E-state index contributed by atoms with van der Waals surface area (Å²) in [6.07, 6.45) is 7.80. The van der Waals surface area contributed by atoms with Crippen molar-refractivity contribution in [1.29, 1.82) is 0 Å². The number of rotatable bonds is 7. The third-order valence-electron chi connectivity index (χ3n) is 2.85. The van der Waals surface area contributed by atoms with E-state index in [9.17, 15) is 4.79 Å². The summed E-state index contributed by atoms with van der Waals surface area (Å²) in [5.74, 6) is 1.08. The first kappa shape index (κ1) is 10.6. The molecule has 13 heavy (non-hydrogen) atoms. The van der Waals surface area contributed by atoms with Crippen molar-refractivity contribution in [3.05, 3.63) is 0 Å². The Kier molecular flexibility index (Phi) is 4.26. The van der Waals surface area contributed by atoms with Gasteiger partial charge in [0, 0.05) is 6.42 Å². The smallest absolute Gasteiger partial charge is 0.303 e. The van der Waals surface area contributed by atoms with Gasteiger partial charge in [0.25, 0.3) is 0 Å². The van der Waals surface area contributed by atoms with Crippen LogP contribution in [-0.4, -0.2) is 11.1 Å². The normalized spacial score (nSPS) is 18.5. The molecule has 1 atom stereocenters. The summed E-state index contributed by atoms with van der Waals surface area (Å²) in [5, 5.41) is 8.45. The molecule has 0 amide bonds. The van der Waals surface area contributed by atoms with Gasteiger partial charge in [-0.15, -0.1) is 0 Å². The Bertz CT molecular complexity index is 161. The zero-order valence-electron chi connectivity index (χ0n) is 8.46. The van der Waals surface area contributed by atoms with Gasteiger partial charge in [-0.1, -0.05) is 39.0 Å². The topological polar surface area (TPSA) is 37.3 Å². The summed E-state index contributed by atoms with van der Waals surface area (Å²) in [6.45, 7) is 2.24. The molecule has 0 bridgehead atoms. The SMILES string of the molecule is CC(CCCC(=O)O)CCC1CC1. The minimum absolute atomic E-state index is 0.341. The van der Waals surface area contributed by atoms with Crippen molar-refractivity contribution in [2.24, 2.45) is 11.8 Å². The second-order valence-electron chi connectivity index (χ2n) is 4.41. The molecule has 2 nitrogen and oxygen atoms in total. The Morgan fingerprint density at radius 1 is 1.46 bits per heavy atom. The fourth-order valence-corrected chi connectivity index (χ4v) is 1.67. The van der Waals surface area contributed by atoms with Crippen molar-refractivity contribution in [3.8, 4) is 0 Å². The van der Waals surface area contributed by atoms with Crippen molar-refractivity contribution < 1.29 is 9.90 Å². The summed E-state index contributed by atoms with van der Waals surface area (Å²) in [5.41, 5.74) is 0. The Balaban J connectivity index is 1.90. The van der Waals surface area contributed by atoms with E-state index >= 15 is 0 Å². The molecule has 0 heterocycles. The molecule has 1 aliphatic carbocycles. The van der Waals surface area contributed by atoms with Crippen LogP contribution in [0, 0.1) is 11.8 Å². The van der Waals surface area contributed by atoms with Crippen molar-refractivity contribution in [2.75, 3.05) is 0 Å². The van der Waals surface area contributed by atoms with E-state index in [1.54, 1.807) is 0 Å². The molecule has 1 aliphatic rings. The van der Waals surface area contributed by atoms with Crippen molar-refractivity contribution in [1.82, 2.24) is 0 Å². The summed E-state index contributed by atoms with van der Waals surface area (Å²) in [7, 11) is 0. The Labute approximate surface area is 80.3 Å². The first-order valence-electron chi connectivity index (χ1n) is 5.40. The molecule has 2 heteroatoms. The summed E-state index contributed by atoms with van der Waals surface area (Å²) in [4.78, 5) is 10.3. The van der Waals surface area contributed by atoms with Gasteiger partial charge in [0.05, 0.1) is 0 Å². The van der Waals surface area contributed by atoms with Gasteiger partial charge in [0.15, 0.2) is 0 Å². The van der Waals surface area contributed by atoms with Crippen LogP contribution in [0.4, 0.5) is 0 Å². The fraction of sp³-hybridized carbons (Fsp3) is 0.909. The fourth-order valence-electron chi connectivity index (χ4n) is 1.67. The number of carbonyl (C=O) groups is 1. The van der Waals surface area contributed by atoms with E-state index in [1.165, 1.54) is 25.7 Å². The summed E-state index contributed by atoms with van der Waals surface area (Å²) in [6, 6.07) is 0. The van der Waals surface area contributed by atoms with Gasteiger partial charge in [-0.3, -0.25) is 4.79 Å². The number of carboxylic acid groups (broad SMARTS) is 1. The minimum Gasteiger partial charge on any atom is -0.481 e. The van der Waals surface area contributed by atoms with E-state index in [0.29, 0.717) is 6.42 Å². The van der Waals surface area contributed by atoms with Gasteiger partial charge in [-0.25, -0.2) is 0 Å². The summed E-state index contributed by atoms with van der Waals surface area (Å²) < 4.78 is 0. The van der Waals surface area contributed by atoms with Crippen LogP contribution in [0.2, 0.25) is 0 Å². The molecule has 1 rings (SSSR count). The molecule has 0 aromatic heterocycles. The highest BCUT2D eigenvalue weighted by Crippen LogP contribution is 2.35. The summed E-state index contributed by atoms with van der Waals surface area (Å²) >= 11 is 0. The zero-order valence-corrected chi connectivity index (χ0v) is 8.46. The number of hydrogen-bond acceptors (Lipinski definition) is 1. The second kappa shape index (κ2) is 5.25. The van der Waals surface area contributed by atoms with E-state index in [2.05, 4.69) is 6.92 Å². The first-order chi connectivity index (χ1) is 6.18. The van der Waals surface area contributed by atoms with E-state index in [-0.39, 0.29) is 0 Å². The van der Waals surface area contributed by atoms with Crippen LogP contribution in [0.3, 0.4) is 0 Å². The quantitative estimate of drug-likeness (QED) is 0.660. The lowest BCUT2D eigenvalue weighted by molar-refractivity contribution is -0.137.